The second-order valence-electron chi connectivity index (χ2n) is 6.03. The maximum absolute atomic E-state index is 12.0. The van der Waals surface area contributed by atoms with Gasteiger partial charge in [0.25, 0.3) is 0 Å². The molecule has 0 fully saturated rings. The lowest BCUT2D eigenvalue weighted by Gasteiger charge is -2.33. The van der Waals surface area contributed by atoms with Gasteiger partial charge in [-0.05, 0) is 43.4 Å². The van der Waals surface area contributed by atoms with Crippen molar-refractivity contribution in [3.63, 3.8) is 0 Å². The first-order chi connectivity index (χ1) is 9.91. The summed E-state index contributed by atoms with van der Waals surface area (Å²) < 4.78 is 5.13. The number of amides is 1. The van der Waals surface area contributed by atoms with Crippen molar-refractivity contribution in [3.8, 4) is 5.75 Å². The van der Waals surface area contributed by atoms with Crippen LogP contribution in [0.25, 0.3) is 0 Å². The van der Waals surface area contributed by atoms with Crippen LogP contribution in [0.5, 0.6) is 5.75 Å². The van der Waals surface area contributed by atoms with Crippen molar-refractivity contribution < 1.29 is 9.53 Å². The highest BCUT2D eigenvalue weighted by atomic mass is 16.5. The van der Waals surface area contributed by atoms with Crippen LogP contribution in [0.1, 0.15) is 39.2 Å². The van der Waals surface area contributed by atoms with Gasteiger partial charge in [0.15, 0.2) is 0 Å². The Labute approximate surface area is 128 Å². The van der Waals surface area contributed by atoms with Crippen molar-refractivity contribution >= 4 is 5.91 Å². The van der Waals surface area contributed by atoms with Crippen LogP contribution < -0.4 is 15.8 Å². The topological polar surface area (TPSA) is 64.3 Å². The number of benzene rings is 1. The average Bonchev–Trinajstić information content (AvgIpc) is 2.47. The third-order valence-corrected chi connectivity index (χ3v) is 4.15. The first-order valence-electron chi connectivity index (χ1n) is 7.55. The lowest BCUT2D eigenvalue weighted by atomic mass is 9.88. The highest BCUT2D eigenvalue weighted by molar-refractivity contribution is 5.76. The number of carbonyl (C=O) groups excluding carboxylic acids is 1. The molecular formula is C17H28N2O2. The highest BCUT2D eigenvalue weighted by Gasteiger charge is 2.28. The molecular weight excluding hydrogens is 264 g/mol. The van der Waals surface area contributed by atoms with E-state index in [9.17, 15) is 4.79 Å². The zero-order chi connectivity index (χ0) is 15.9. The van der Waals surface area contributed by atoms with Crippen molar-refractivity contribution in [2.45, 2.75) is 45.6 Å². The molecule has 0 saturated heterocycles. The van der Waals surface area contributed by atoms with E-state index >= 15 is 0 Å². The van der Waals surface area contributed by atoms with E-state index in [0.717, 1.165) is 18.6 Å². The number of hydrogen-bond donors (Lipinski definition) is 2. The normalized spacial score (nSPS) is 13.8. The molecule has 1 unspecified atom stereocenters. The van der Waals surface area contributed by atoms with Gasteiger partial charge in [-0.15, -0.1) is 0 Å². The van der Waals surface area contributed by atoms with E-state index in [0.29, 0.717) is 18.9 Å². The second-order valence-corrected chi connectivity index (χ2v) is 6.03. The molecule has 118 valence electrons. The van der Waals surface area contributed by atoms with Crippen LogP contribution in [0.2, 0.25) is 0 Å². The summed E-state index contributed by atoms with van der Waals surface area (Å²) >= 11 is 0. The minimum Gasteiger partial charge on any atom is -0.497 e. The molecule has 0 radical (unpaired) electrons. The maximum atomic E-state index is 12.0. The molecule has 1 rings (SSSR count). The van der Waals surface area contributed by atoms with Crippen LogP contribution >= 0.6 is 0 Å². The molecule has 0 aliphatic heterocycles. The van der Waals surface area contributed by atoms with E-state index in [4.69, 9.17) is 10.5 Å². The van der Waals surface area contributed by atoms with E-state index < -0.39 is 0 Å². The number of rotatable bonds is 8. The smallest absolute Gasteiger partial charge is 0.220 e. The maximum Gasteiger partial charge on any atom is 0.220 e. The molecule has 4 nitrogen and oxygen atoms in total. The van der Waals surface area contributed by atoms with Crippen molar-refractivity contribution in [1.82, 2.24) is 5.32 Å². The summed E-state index contributed by atoms with van der Waals surface area (Å²) in [4.78, 5) is 12.0. The lowest BCUT2D eigenvalue weighted by Crippen LogP contribution is -2.54. The summed E-state index contributed by atoms with van der Waals surface area (Å²) in [7, 11) is 1.66. The number of ether oxygens (including phenoxy) is 1. The quantitative estimate of drug-likeness (QED) is 0.774. The van der Waals surface area contributed by atoms with Gasteiger partial charge in [-0.3, -0.25) is 4.79 Å². The Morgan fingerprint density at radius 3 is 2.43 bits per heavy atom. The minimum atomic E-state index is -0.322. The molecule has 1 aromatic carbocycles. The van der Waals surface area contributed by atoms with Crippen LogP contribution in [0, 0.1) is 5.92 Å². The molecule has 1 atom stereocenters. The van der Waals surface area contributed by atoms with Gasteiger partial charge in [0.2, 0.25) is 5.91 Å². The summed E-state index contributed by atoms with van der Waals surface area (Å²) in [5, 5.41) is 3.06. The number of carbonyl (C=O) groups is 1. The summed E-state index contributed by atoms with van der Waals surface area (Å²) in [5.41, 5.74) is 6.67. The van der Waals surface area contributed by atoms with Crippen molar-refractivity contribution in [2.75, 3.05) is 13.7 Å². The largest absolute Gasteiger partial charge is 0.497 e. The second kappa shape index (κ2) is 8.03. The van der Waals surface area contributed by atoms with Gasteiger partial charge in [0.1, 0.15) is 5.75 Å². The first-order valence-corrected chi connectivity index (χ1v) is 7.55. The van der Waals surface area contributed by atoms with Gasteiger partial charge in [-0.1, -0.05) is 26.0 Å². The fraction of sp³-hybridized carbons (Fsp3) is 0.588. The third kappa shape index (κ3) is 5.38. The van der Waals surface area contributed by atoms with Crippen LogP contribution in [-0.2, 0) is 11.2 Å². The molecule has 1 amide bonds. The predicted molar refractivity (Wildman–Crippen MR) is 86.4 cm³/mol. The van der Waals surface area contributed by atoms with Crippen LogP contribution in [0.4, 0.5) is 0 Å². The zero-order valence-electron chi connectivity index (χ0n) is 13.6. The van der Waals surface area contributed by atoms with Crippen molar-refractivity contribution in [2.24, 2.45) is 11.7 Å². The Hall–Kier alpha value is -1.55. The standard InChI is InChI=1S/C17H28N2O2/c1-13(2)17(3,12-18)19-16(20)7-5-6-14-8-10-15(21-4)11-9-14/h8-11,13H,5-7,12,18H2,1-4H3,(H,19,20). The summed E-state index contributed by atoms with van der Waals surface area (Å²) in [5.74, 6) is 1.24. The Balaban J connectivity index is 2.39. The highest BCUT2D eigenvalue weighted by Crippen LogP contribution is 2.16. The fourth-order valence-electron chi connectivity index (χ4n) is 2.06. The molecule has 0 aliphatic rings. The number of nitrogens with one attached hydrogen (secondary N) is 1. The Morgan fingerprint density at radius 1 is 1.33 bits per heavy atom. The monoisotopic (exact) mass is 292 g/mol. The van der Waals surface area contributed by atoms with E-state index in [1.54, 1.807) is 7.11 Å². The van der Waals surface area contributed by atoms with Gasteiger partial charge in [-0.2, -0.15) is 0 Å². The molecule has 3 N–H and O–H groups in total. The third-order valence-electron chi connectivity index (χ3n) is 4.15. The van der Waals surface area contributed by atoms with Gasteiger partial charge in [0.05, 0.1) is 12.6 Å². The first kappa shape index (κ1) is 17.5. The molecule has 0 saturated carbocycles. The van der Waals surface area contributed by atoms with Gasteiger partial charge in [-0.25, -0.2) is 0 Å². The van der Waals surface area contributed by atoms with Crippen LogP contribution in [-0.4, -0.2) is 25.1 Å². The average molecular weight is 292 g/mol. The number of nitrogens with two attached hydrogens (primary N) is 1. The van der Waals surface area contributed by atoms with E-state index in [1.165, 1.54) is 5.56 Å². The summed E-state index contributed by atoms with van der Waals surface area (Å²) in [6.45, 7) is 6.60. The Morgan fingerprint density at radius 2 is 1.95 bits per heavy atom. The van der Waals surface area contributed by atoms with Gasteiger partial charge in [0, 0.05) is 13.0 Å². The zero-order valence-corrected chi connectivity index (χ0v) is 13.6. The molecule has 0 aromatic heterocycles. The van der Waals surface area contributed by atoms with E-state index in [2.05, 4.69) is 19.2 Å². The van der Waals surface area contributed by atoms with Gasteiger partial charge < -0.3 is 15.8 Å². The molecule has 0 heterocycles. The Kier molecular flexibility index (Phi) is 6.69. The van der Waals surface area contributed by atoms with Crippen LogP contribution in [0.15, 0.2) is 24.3 Å². The van der Waals surface area contributed by atoms with Crippen molar-refractivity contribution in [1.29, 1.82) is 0 Å². The number of methoxy groups -OCH3 is 1. The predicted octanol–water partition coefficient (Wildman–Crippen LogP) is 2.51. The molecule has 21 heavy (non-hydrogen) atoms. The minimum absolute atomic E-state index is 0.0742. The molecule has 0 aliphatic carbocycles. The molecule has 4 heteroatoms. The number of aryl methyl sites for hydroxylation is 1. The van der Waals surface area contributed by atoms with Crippen molar-refractivity contribution in [3.05, 3.63) is 29.8 Å². The Bertz CT molecular complexity index is 443. The van der Waals surface area contributed by atoms with E-state index in [1.807, 2.05) is 31.2 Å². The molecule has 1 aromatic rings. The molecule has 0 spiro atoms. The van der Waals surface area contributed by atoms with E-state index in [-0.39, 0.29) is 11.4 Å². The van der Waals surface area contributed by atoms with Gasteiger partial charge >= 0.3 is 0 Å². The SMILES string of the molecule is COc1ccc(CCCC(=O)NC(C)(CN)C(C)C)cc1. The molecule has 0 bridgehead atoms. The number of hydrogen-bond acceptors (Lipinski definition) is 3. The summed E-state index contributed by atoms with van der Waals surface area (Å²) in [6.07, 6.45) is 2.24. The fourth-order valence-corrected chi connectivity index (χ4v) is 2.06. The lowest BCUT2D eigenvalue weighted by molar-refractivity contribution is -0.123. The summed E-state index contributed by atoms with van der Waals surface area (Å²) in [6, 6.07) is 7.96. The van der Waals surface area contributed by atoms with Crippen LogP contribution in [0.3, 0.4) is 0 Å².